The van der Waals surface area contributed by atoms with Crippen molar-refractivity contribution in [1.82, 2.24) is 5.32 Å². The number of hydrogen-bond acceptors (Lipinski definition) is 5. The normalized spacial score (nSPS) is 16.7. The number of benzene rings is 2. The number of ether oxygens (including phenoxy) is 1. The molecular formula is C20H16N2O6. The van der Waals surface area contributed by atoms with Crippen LogP contribution in [0.15, 0.2) is 60.2 Å². The fraction of sp³-hybridized carbons (Fsp3) is 0.100. The van der Waals surface area contributed by atoms with Crippen LogP contribution in [0.5, 0.6) is 5.75 Å². The van der Waals surface area contributed by atoms with Crippen LogP contribution in [0.3, 0.4) is 0 Å². The largest absolute Gasteiger partial charge is 0.479 e. The summed E-state index contributed by atoms with van der Waals surface area (Å²) in [4.78, 5) is 49.1. The summed E-state index contributed by atoms with van der Waals surface area (Å²) in [5.41, 5.74) is 0.367. The minimum atomic E-state index is -1.16. The lowest BCUT2D eigenvalue weighted by Gasteiger charge is -2.26. The Morgan fingerprint density at radius 3 is 2.39 bits per heavy atom. The summed E-state index contributed by atoms with van der Waals surface area (Å²) in [6.07, 6.45) is 0.141. The molecule has 8 heteroatoms. The third-order valence-electron chi connectivity index (χ3n) is 3.99. The SMILES string of the molecule is C[C@@H](Oc1ccccc1/C=C1\C(=O)NC(=O)N(c2ccccc2)C1=O)C(=O)O. The highest BCUT2D eigenvalue weighted by Crippen LogP contribution is 2.26. The molecule has 3 rings (SSSR count). The highest BCUT2D eigenvalue weighted by atomic mass is 16.5. The quantitative estimate of drug-likeness (QED) is 0.607. The molecule has 2 aromatic carbocycles. The van der Waals surface area contributed by atoms with E-state index >= 15 is 0 Å². The van der Waals surface area contributed by atoms with E-state index in [1.165, 1.54) is 19.1 Å². The van der Waals surface area contributed by atoms with Crippen molar-refractivity contribution in [2.24, 2.45) is 0 Å². The molecule has 1 fully saturated rings. The van der Waals surface area contributed by atoms with E-state index in [9.17, 15) is 19.2 Å². The number of imide groups is 2. The number of para-hydroxylation sites is 2. The predicted octanol–water partition coefficient (Wildman–Crippen LogP) is 2.20. The molecule has 1 heterocycles. The van der Waals surface area contributed by atoms with E-state index < -0.39 is 29.9 Å². The molecule has 0 unspecified atom stereocenters. The van der Waals surface area contributed by atoms with E-state index in [4.69, 9.17) is 9.84 Å². The summed E-state index contributed by atoms with van der Waals surface area (Å²) in [7, 11) is 0. The van der Waals surface area contributed by atoms with Crippen LogP contribution in [0, 0.1) is 0 Å². The van der Waals surface area contributed by atoms with Crippen molar-refractivity contribution in [3.8, 4) is 5.75 Å². The maximum Gasteiger partial charge on any atom is 0.344 e. The average molecular weight is 380 g/mol. The Morgan fingerprint density at radius 2 is 1.71 bits per heavy atom. The molecule has 2 N–H and O–H groups in total. The maximum atomic E-state index is 12.8. The highest BCUT2D eigenvalue weighted by molar-refractivity contribution is 6.39. The summed E-state index contributed by atoms with van der Waals surface area (Å²) in [6, 6.07) is 13.7. The van der Waals surface area contributed by atoms with Gasteiger partial charge in [-0.1, -0.05) is 36.4 Å². The van der Waals surface area contributed by atoms with E-state index in [-0.39, 0.29) is 11.3 Å². The number of carbonyl (C=O) groups excluding carboxylic acids is 3. The molecule has 8 nitrogen and oxygen atoms in total. The van der Waals surface area contributed by atoms with Gasteiger partial charge in [-0.2, -0.15) is 0 Å². The Balaban J connectivity index is 1.99. The Hall–Kier alpha value is -3.94. The number of amides is 4. The van der Waals surface area contributed by atoms with Crippen LogP contribution in [0.2, 0.25) is 0 Å². The first-order valence-electron chi connectivity index (χ1n) is 8.33. The molecule has 0 spiro atoms. The smallest absolute Gasteiger partial charge is 0.344 e. The van der Waals surface area contributed by atoms with Crippen LogP contribution in [0.4, 0.5) is 10.5 Å². The number of urea groups is 1. The van der Waals surface area contributed by atoms with Gasteiger partial charge in [0.25, 0.3) is 11.8 Å². The molecule has 0 saturated carbocycles. The van der Waals surface area contributed by atoms with Gasteiger partial charge < -0.3 is 9.84 Å². The Labute approximate surface area is 160 Å². The highest BCUT2D eigenvalue weighted by Gasteiger charge is 2.36. The first-order valence-corrected chi connectivity index (χ1v) is 8.33. The van der Waals surface area contributed by atoms with Crippen LogP contribution < -0.4 is 15.0 Å². The fourth-order valence-corrected chi connectivity index (χ4v) is 2.57. The van der Waals surface area contributed by atoms with Crippen molar-refractivity contribution in [2.75, 3.05) is 4.90 Å². The molecule has 0 radical (unpaired) electrons. The van der Waals surface area contributed by atoms with E-state index in [1.54, 1.807) is 48.5 Å². The van der Waals surface area contributed by atoms with Crippen LogP contribution >= 0.6 is 0 Å². The van der Waals surface area contributed by atoms with Crippen LogP contribution in [0.1, 0.15) is 12.5 Å². The molecule has 142 valence electrons. The molecule has 1 saturated heterocycles. The monoisotopic (exact) mass is 380 g/mol. The molecule has 1 aliphatic heterocycles. The zero-order valence-electron chi connectivity index (χ0n) is 14.8. The molecule has 0 bridgehead atoms. The number of hydrogen-bond donors (Lipinski definition) is 2. The number of carboxylic acids is 1. The number of anilines is 1. The predicted molar refractivity (Wildman–Crippen MR) is 99.6 cm³/mol. The average Bonchev–Trinajstić information content (AvgIpc) is 2.67. The lowest BCUT2D eigenvalue weighted by molar-refractivity contribution is -0.144. The lowest BCUT2D eigenvalue weighted by Crippen LogP contribution is -2.54. The van der Waals surface area contributed by atoms with E-state index in [1.807, 2.05) is 0 Å². The van der Waals surface area contributed by atoms with E-state index in [0.29, 0.717) is 11.3 Å². The Bertz CT molecular complexity index is 983. The van der Waals surface area contributed by atoms with Crippen LogP contribution in [-0.4, -0.2) is 35.0 Å². The van der Waals surface area contributed by atoms with Gasteiger partial charge in [0.2, 0.25) is 0 Å². The topological polar surface area (TPSA) is 113 Å². The fourth-order valence-electron chi connectivity index (χ4n) is 2.57. The van der Waals surface area contributed by atoms with E-state index in [0.717, 1.165) is 4.90 Å². The number of rotatable bonds is 5. The minimum Gasteiger partial charge on any atom is -0.479 e. The molecular weight excluding hydrogens is 364 g/mol. The van der Waals surface area contributed by atoms with E-state index in [2.05, 4.69) is 5.32 Å². The van der Waals surface area contributed by atoms with Gasteiger partial charge in [0.15, 0.2) is 6.10 Å². The number of barbiturate groups is 1. The zero-order chi connectivity index (χ0) is 20.3. The number of carbonyl (C=O) groups is 4. The summed E-state index contributed by atoms with van der Waals surface area (Å²) >= 11 is 0. The first-order chi connectivity index (χ1) is 13.4. The standard InChI is InChI=1S/C20H16N2O6/c1-12(19(25)26)28-16-10-6-5-7-13(16)11-15-17(23)21-20(27)22(18(15)24)14-8-3-2-4-9-14/h2-12H,1H3,(H,25,26)(H,21,23,27)/b15-11+/t12-/m1/s1. The van der Waals surface area contributed by atoms with Gasteiger partial charge in [-0.05, 0) is 31.2 Å². The minimum absolute atomic E-state index is 0.189. The van der Waals surface area contributed by atoms with Crippen molar-refractivity contribution in [1.29, 1.82) is 0 Å². The third-order valence-corrected chi connectivity index (χ3v) is 3.99. The summed E-state index contributed by atoms with van der Waals surface area (Å²) < 4.78 is 5.38. The number of aliphatic carboxylic acids is 1. The van der Waals surface area contributed by atoms with Crippen molar-refractivity contribution in [3.05, 3.63) is 65.7 Å². The van der Waals surface area contributed by atoms with Crippen molar-refractivity contribution in [3.63, 3.8) is 0 Å². The van der Waals surface area contributed by atoms with Crippen LogP contribution in [0.25, 0.3) is 6.08 Å². The van der Waals surface area contributed by atoms with Gasteiger partial charge in [-0.15, -0.1) is 0 Å². The molecule has 0 aliphatic carbocycles. The second-order valence-electron chi connectivity index (χ2n) is 5.93. The summed E-state index contributed by atoms with van der Waals surface area (Å²) in [6.45, 7) is 1.36. The molecule has 1 aliphatic rings. The number of nitrogens with zero attached hydrogens (tertiary/aromatic N) is 1. The second-order valence-corrected chi connectivity index (χ2v) is 5.93. The van der Waals surface area contributed by atoms with Gasteiger partial charge in [0, 0.05) is 5.56 Å². The zero-order valence-corrected chi connectivity index (χ0v) is 14.8. The lowest BCUT2D eigenvalue weighted by atomic mass is 10.1. The first kappa shape index (κ1) is 18.8. The number of nitrogens with one attached hydrogen (secondary N) is 1. The third kappa shape index (κ3) is 3.75. The molecule has 4 amide bonds. The van der Waals surface area contributed by atoms with Crippen LogP contribution in [-0.2, 0) is 14.4 Å². The van der Waals surface area contributed by atoms with Gasteiger partial charge >= 0.3 is 12.0 Å². The molecule has 28 heavy (non-hydrogen) atoms. The Kier molecular flexibility index (Phi) is 5.21. The van der Waals surface area contributed by atoms with Gasteiger partial charge in [-0.3, -0.25) is 14.9 Å². The summed E-state index contributed by atoms with van der Waals surface area (Å²) in [5, 5.41) is 11.2. The molecule has 1 atom stereocenters. The Morgan fingerprint density at radius 1 is 1.07 bits per heavy atom. The van der Waals surface area contributed by atoms with Crippen molar-refractivity contribution < 1.29 is 29.0 Å². The summed E-state index contributed by atoms with van der Waals surface area (Å²) in [5.74, 6) is -2.60. The molecule has 0 aromatic heterocycles. The molecule has 2 aromatic rings. The maximum absolute atomic E-state index is 12.8. The number of carboxylic acid groups (broad SMARTS) is 1. The van der Waals surface area contributed by atoms with Gasteiger partial charge in [-0.25, -0.2) is 14.5 Å². The van der Waals surface area contributed by atoms with Gasteiger partial charge in [0.05, 0.1) is 5.69 Å². The van der Waals surface area contributed by atoms with Crippen molar-refractivity contribution >= 4 is 35.6 Å². The van der Waals surface area contributed by atoms with Gasteiger partial charge in [0.1, 0.15) is 11.3 Å². The second kappa shape index (κ2) is 7.75. The van der Waals surface area contributed by atoms with Crippen molar-refractivity contribution in [2.45, 2.75) is 13.0 Å².